The minimum absolute atomic E-state index is 0.00918. The highest BCUT2D eigenvalue weighted by atomic mass is 32.2. The Hall–Kier alpha value is -2.71. The van der Waals surface area contributed by atoms with Crippen molar-refractivity contribution in [3.8, 4) is 0 Å². The Morgan fingerprint density at radius 3 is 2.73 bits per heavy atom. The van der Waals surface area contributed by atoms with E-state index in [0.29, 0.717) is 18.7 Å². The zero-order valence-corrected chi connectivity index (χ0v) is 18.2. The molecule has 1 aliphatic rings. The van der Waals surface area contributed by atoms with Gasteiger partial charge in [0.25, 0.3) is 0 Å². The van der Waals surface area contributed by atoms with Crippen molar-refractivity contribution in [1.29, 1.82) is 0 Å². The summed E-state index contributed by atoms with van der Waals surface area (Å²) in [5.74, 6) is -0.122. The molecule has 4 rings (SSSR count). The van der Waals surface area contributed by atoms with Crippen molar-refractivity contribution in [2.45, 2.75) is 25.3 Å². The number of allylic oxidation sites excluding steroid dienone is 2. The molecular formula is C22H23N3O3S2. The number of carbonyl (C=O) groups is 1. The molecule has 0 aliphatic heterocycles. The van der Waals surface area contributed by atoms with Gasteiger partial charge in [-0.2, -0.15) is 0 Å². The lowest BCUT2D eigenvalue weighted by molar-refractivity contribution is -0.125. The minimum Gasteiger partial charge on any atom is -0.352 e. The van der Waals surface area contributed by atoms with Crippen molar-refractivity contribution in [3.05, 3.63) is 71.3 Å². The van der Waals surface area contributed by atoms with E-state index in [2.05, 4.69) is 28.3 Å². The van der Waals surface area contributed by atoms with E-state index < -0.39 is 10.0 Å². The van der Waals surface area contributed by atoms with Crippen LogP contribution in [0.2, 0.25) is 0 Å². The predicted octanol–water partition coefficient (Wildman–Crippen LogP) is 4.03. The summed E-state index contributed by atoms with van der Waals surface area (Å²) in [6.07, 6.45) is 6.78. The fourth-order valence-electron chi connectivity index (χ4n) is 3.70. The summed E-state index contributed by atoms with van der Waals surface area (Å²) in [5.41, 5.74) is 2.29. The van der Waals surface area contributed by atoms with E-state index in [1.165, 1.54) is 0 Å². The van der Waals surface area contributed by atoms with Gasteiger partial charge in [0.1, 0.15) is 0 Å². The van der Waals surface area contributed by atoms with E-state index in [-0.39, 0.29) is 17.7 Å². The molecule has 1 heterocycles. The minimum atomic E-state index is -3.34. The van der Waals surface area contributed by atoms with Crippen LogP contribution in [0.15, 0.2) is 60.7 Å². The van der Waals surface area contributed by atoms with Crippen LogP contribution in [-0.4, -0.2) is 25.6 Å². The van der Waals surface area contributed by atoms with E-state index in [4.69, 9.17) is 4.98 Å². The Morgan fingerprint density at radius 2 is 1.93 bits per heavy atom. The van der Waals surface area contributed by atoms with Crippen LogP contribution >= 0.6 is 11.3 Å². The van der Waals surface area contributed by atoms with Crippen LogP contribution in [0.4, 0.5) is 5.69 Å². The van der Waals surface area contributed by atoms with E-state index in [0.717, 1.165) is 33.5 Å². The maximum atomic E-state index is 13.0. The molecule has 0 spiro atoms. The predicted molar refractivity (Wildman–Crippen MR) is 121 cm³/mol. The summed E-state index contributed by atoms with van der Waals surface area (Å²) in [4.78, 5) is 17.8. The quantitative estimate of drug-likeness (QED) is 0.565. The first kappa shape index (κ1) is 20.6. The van der Waals surface area contributed by atoms with Gasteiger partial charge in [-0.15, -0.1) is 11.3 Å². The van der Waals surface area contributed by atoms with Crippen molar-refractivity contribution in [3.63, 3.8) is 0 Å². The molecule has 156 valence electrons. The third kappa shape index (κ3) is 4.88. The average molecular weight is 442 g/mol. The van der Waals surface area contributed by atoms with Crippen LogP contribution in [-0.2, 0) is 21.4 Å². The Labute approximate surface area is 180 Å². The molecule has 1 amide bonds. The van der Waals surface area contributed by atoms with E-state index in [1.54, 1.807) is 29.5 Å². The van der Waals surface area contributed by atoms with Gasteiger partial charge in [0.15, 0.2) is 0 Å². The Kier molecular flexibility index (Phi) is 5.87. The Bertz CT molecular complexity index is 1170. The standard InChI is InChI=1S/C22H23N3O3S2/c1-30(27,28)25-16-8-6-7-15(13-16)14-23-21(26)17-9-2-3-10-18(17)22-24-19-11-4-5-12-20(19)29-22/h2-8,11-13,17-18,25H,9-10,14H2,1H3,(H,23,26). The second-order valence-electron chi connectivity index (χ2n) is 7.47. The summed E-state index contributed by atoms with van der Waals surface area (Å²) in [6.45, 7) is 0.338. The van der Waals surface area contributed by atoms with Crippen molar-refractivity contribution in [1.82, 2.24) is 10.3 Å². The van der Waals surface area contributed by atoms with E-state index in [1.807, 2.05) is 24.3 Å². The van der Waals surface area contributed by atoms with Crippen LogP contribution in [0, 0.1) is 5.92 Å². The topological polar surface area (TPSA) is 88.2 Å². The number of aromatic nitrogens is 1. The van der Waals surface area contributed by atoms with Crippen molar-refractivity contribution in [2.75, 3.05) is 11.0 Å². The summed E-state index contributed by atoms with van der Waals surface area (Å²) < 4.78 is 26.4. The first-order chi connectivity index (χ1) is 14.4. The number of nitrogens with zero attached hydrogens (tertiary/aromatic N) is 1. The third-order valence-electron chi connectivity index (χ3n) is 5.09. The lowest BCUT2D eigenvalue weighted by atomic mass is 9.82. The molecule has 2 atom stereocenters. The van der Waals surface area contributed by atoms with Gasteiger partial charge in [0, 0.05) is 18.2 Å². The molecule has 0 saturated carbocycles. The van der Waals surface area contributed by atoms with Crippen LogP contribution < -0.4 is 10.0 Å². The molecule has 2 N–H and O–H groups in total. The second kappa shape index (κ2) is 8.57. The second-order valence-corrected chi connectivity index (χ2v) is 10.3. The van der Waals surface area contributed by atoms with E-state index >= 15 is 0 Å². The number of hydrogen-bond acceptors (Lipinski definition) is 5. The number of sulfonamides is 1. The Morgan fingerprint density at radius 1 is 1.13 bits per heavy atom. The number of nitrogens with one attached hydrogen (secondary N) is 2. The maximum Gasteiger partial charge on any atom is 0.229 e. The van der Waals surface area contributed by atoms with Crippen molar-refractivity contribution < 1.29 is 13.2 Å². The third-order valence-corrected chi connectivity index (χ3v) is 6.87. The van der Waals surface area contributed by atoms with Gasteiger partial charge in [0.05, 0.1) is 27.4 Å². The number of fused-ring (bicyclic) bond motifs is 1. The number of para-hydroxylation sites is 1. The van der Waals surface area contributed by atoms with Crippen LogP contribution in [0.25, 0.3) is 10.2 Å². The van der Waals surface area contributed by atoms with Gasteiger partial charge in [-0.3, -0.25) is 9.52 Å². The lowest BCUT2D eigenvalue weighted by Gasteiger charge is -2.26. The highest BCUT2D eigenvalue weighted by molar-refractivity contribution is 7.92. The monoisotopic (exact) mass is 441 g/mol. The molecule has 6 nitrogen and oxygen atoms in total. The van der Waals surface area contributed by atoms with Gasteiger partial charge in [-0.1, -0.05) is 36.4 Å². The fourth-order valence-corrected chi connectivity index (χ4v) is 5.41. The highest BCUT2D eigenvalue weighted by Gasteiger charge is 2.32. The molecule has 0 radical (unpaired) electrons. The molecule has 1 aliphatic carbocycles. The SMILES string of the molecule is CS(=O)(=O)Nc1cccc(CNC(=O)C2CC=CCC2c2nc3ccccc3s2)c1. The Balaban J connectivity index is 1.46. The van der Waals surface area contributed by atoms with Crippen LogP contribution in [0.5, 0.6) is 0 Å². The summed E-state index contributed by atoms with van der Waals surface area (Å²) in [5, 5.41) is 4.02. The molecule has 8 heteroatoms. The molecule has 0 saturated heterocycles. The molecule has 2 aromatic carbocycles. The number of rotatable bonds is 6. The number of benzene rings is 2. The molecule has 0 fully saturated rings. The summed E-state index contributed by atoms with van der Waals surface area (Å²) in [6, 6.07) is 15.1. The average Bonchev–Trinajstić information content (AvgIpc) is 3.15. The van der Waals surface area contributed by atoms with Gasteiger partial charge in [-0.25, -0.2) is 13.4 Å². The van der Waals surface area contributed by atoms with Gasteiger partial charge in [0.2, 0.25) is 15.9 Å². The first-order valence-electron chi connectivity index (χ1n) is 9.74. The number of carbonyl (C=O) groups excluding carboxylic acids is 1. The van der Waals surface area contributed by atoms with Crippen molar-refractivity contribution >= 4 is 43.2 Å². The van der Waals surface area contributed by atoms with E-state index in [9.17, 15) is 13.2 Å². The fraction of sp³-hybridized carbons (Fsp3) is 0.273. The zero-order valence-electron chi connectivity index (χ0n) is 16.5. The molecular weight excluding hydrogens is 418 g/mol. The number of anilines is 1. The van der Waals surface area contributed by atoms with Gasteiger partial charge >= 0.3 is 0 Å². The molecule has 2 unspecified atom stereocenters. The zero-order chi connectivity index (χ0) is 21.1. The summed E-state index contributed by atoms with van der Waals surface area (Å²) in [7, 11) is -3.34. The molecule has 0 bridgehead atoms. The maximum absolute atomic E-state index is 13.0. The first-order valence-corrected chi connectivity index (χ1v) is 12.4. The molecule has 3 aromatic rings. The number of amides is 1. The highest BCUT2D eigenvalue weighted by Crippen LogP contribution is 2.38. The van der Waals surface area contributed by atoms with Crippen LogP contribution in [0.1, 0.15) is 29.3 Å². The summed E-state index contributed by atoms with van der Waals surface area (Å²) >= 11 is 1.66. The number of thiazole rings is 1. The van der Waals surface area contributed by atoms with Gasteiger partial charge < -0.3 is 5.32 Å². The molecule has 30 heavy (non-hydrogen) atoms. The van der Waals surface area contributed by atoms with Gasteiger partial charge in [-0.05, 0) is 42.7 Å². The number of hydrogen-bond donors (Lipinski definition) is 2. The lowest BCUT2D eigenvalue weighted by Crippen LogP contribution is -2.34. The normalized spacial score (nSPS) is 19.0. The van der Waals surface area contributed by atoms with Crippen molar-refractivity contribution in [2.24, 2.45) is 5.92 Å². The smallest absolute Gasteiger partial charge is 0.229 e. The van der Waals surface area contributed by atoms with Crippen LogP contribution in [0.3, 0.4) is 0 Å². The molecule has 1 aromatic heterocycles. The largest absolute Gasteiger partial charge is 0.352 e.